The maximum absolute atomic E-state index is 5.95. The van der Waals surface area contributed by atoms with Gasteiger partial charge in [0, 0.05) is 5.02 Å². The summed E-state index contributed by atoms with van der Waals surface area (Å²) in [6, 6.07) is 5.56. The summed E-state index contributed by atoms with van der Waals surface area (Å²) in [6.45, 7) is 0. The molecule has 0 fully saturated rings. The van der Waals surface area contributed by atoms with Gasteiger partial charge in [-0.2, -0.15) is 0 Å². The van der Waals surface area contributed by atoms with E-state index < -0.39 is 0 Å². The second-order valence-corrected chi connectivity index (χ2v) is 5.81. The van der Waals surface area contributed by atoms with Gasteiger partial charge in [-0.25, -0.2) is 15.0 Å². The molecule has 0 aliphatic heterocycles. The van der Waals surface area contributed by atoms with Crippen molar-refractivity contribution in [2.24, 2.45) is 5.73 Å². The molecule has 0 bridgehead atoms. The Hall–Kier alpha value is -1.83. The molecule has 2 aromatic heterocycles. The van der Waals surface area contributed by atoms with Crippen LogP contribution in [0.4, 0.5) is 10.9 Å². The molecule has 8 heteroatoms. The normalized spacial score (nSPS) is 10.7. The van der Waals surface area contributed by atoms with E-state index in [1.54, 1.807) is 6.20 Å². The number of nitrogens with one attached hydrogen (secondary N) is 1. The van der Waals surface area contributed by atoms with Gasteiger partial charge in [0.1, 0.15) is 10.7 Å². The second kappa shape index (κ2) is 5.28. The molecule has 3 aromatic rings. The highest BCUT2D eigenvalue weighted by atomic mass is 35.5. The second-order valence-electron chi connectivity index (χ2n) is 3.91. The predicted octanol–water partition coefficient (Wildman–Crippen LogP) is 3.12. The third-order valence-corrected chi connectivity index (χ3v) is 3.87. The molecular weight excluding hydrogens is 314 g/mol. The first-order valence-electron chi connectivity index (χ1n) is 5.57. The fourth-order valence-corrected chi connectivity index (χ4v) is 2.84. The number of hydrogen-bond donors (Lipinski definition) is 2. The van der Waals surface area contributed by atoms with Crippen molar-refractivity contribution in [3.05, 3.63) is 41.3 Å². The van der Waals surface area contributed by atoms with Gasteiger partial charge in [-0.3, -0.25) is 0 Å². The Kier molecular flexibility index (Phi) is 3.47. The predicted molar refractivity (Wildman–Crippen MR) is 85.8 cm³/mol. The standard InChI is InChI=1S/C12H8ClN5S2/c13-6-1-2-7-9(3-6)20-12(17-7)18-10-5-15-8(4-16-10)11(14)19/h1-5H,(H2,14,19)(H,16,17,18). The summed E-state index contributed by atoms with van der Waals surface area (Å²) in [5.41, 5.74) is 6.84. The van der Waals surface area contributed by atoms with Crippen molar-refractivity contribution >= 4 is 61.3 Å². The number of benzene rings is 1. The molecule has 0 unspecified atom stereocenters. The highest BCUT2D eigenvalue weighted by molar-refractivity contribution is 7.80. The Morgan fingerprint density at radius 3 is 2.85 bits per heavy atom. The lowest BCUT2D eigenvalue weighted by Gasteiger charge is -2.01. The topological polar surface area (TPSA) is 76.7 Å². The molecule has 0 amide bonds. The van der Waals surface area contributed by atoms with Crippen LogP contribution < -0.4 is 11.1 Å². The van der Waals surface area contributed by atoms with Crippen LogP contribution in [0.3, 0.4) is 0 Å². The molecule has 0 saturated heterocycles. The van der Waals surface area contributed by atoms with E-state index in [0.29, 0.717) is 16.5 Å². The lowest BCUT2D eigenvalue weighted by atomic mass is 10.3. The molecule has 20 heavy (non-hydrogen) atoms. The van der Waals surface area contributed by atoms with Gasteiger partial charge in [-0.05, 0) is 18.2 Å². The van der Waals surface area contributed by atoms with Gasteiger partial charge in [0.05, 0.1) is 22.6 Å². The number of thiazole rings is 1. The van der Waals surface area contributed by atoms with Crippen molar-refractivity contribution in [1.82, 2.24) is 15.0 Å². The van der Waals surface area contributed by atoms with Crippen LogP contribution in [0.1, 0.15) is 5.69 Å². The van der Waals surface area contributed by atoms with Gasteiger partial charge >= 0.3 is 0 Å². The van der Waals surface area contributed by atoms with Gasteiger partial charge in [0.15, 0.2) is 10.9 Å². The van der Waals surface area contributed by atoms with E-state index in [4.69, 9.17) is 29.6 Å². The number of rotatable bonds is 3. The minimum Gasteiger partial charge on any atom is -0.388 e. The molecular formula is C12H8ClN5S2. The Morgan fingerprint density at radius 2 is 2.15 bits per heavy atom. The zero-order chi connectivity index (χ0) is 14.1. The summed E-state index contributed by atoms with van der Waals surface area (Å²) < 4.78 is 1.01. The number of thiocarbonyl (C=S) groups is 1. The van der Waals surface area contributed by atoms with Gasteiger partial charge in [-0.1, -0.05) is 35.2 Å². The Bertz CT molecular complexity index is 784. The van der Waals surface area contributed by atoms with Crippen molar-refractivity contribution in [2.45, 2.75) is 0 Å². The van der Waals surface area contributed by atoms with E-state index in [0.717, 1.165) is 15.3 Å². The molecule has 0 saturated carbocycles. The minimum atomic E-state index is 0.221. The zero-order valence-electron chi connectivity index (χ0n) is 10.0. The molecule has 1 aromatic carbocycles. The van der Waals surface area contributed by atoms with Crippen LogP contribution in [0.2, 0.25) is 5.02 Å². The van der Waals surface area contributed by atoms with Crippen LogP contribution in [0.15, 0.2) is 30.6 Å². The molecule has 0 aliphatic carbocycles. The monoisotopic (exact) mass is 321 g/mol. The molecule has 3 rings (SSSR count). The maximum Gasteiger partial charge on any atom is 0.189 e. The van der Waals surface area contributed by atoms with Crippen molar-refractivity contribution < 1.29 is 0 Å². The number of fused-ring (bicyclic) bond motifs is 1. The Labute approximate surface area is 128 Å². The summed E-state index contributed by atoms with van der Waals surface area (Å²) in [5.74, 6) is 0.579. The van der Waals surface area contributed by atoms with Crippen LogP contribution in [0, 0.1) is 0 Å². The Balaban J connectivity index is 1.87. The number of halogens is 1. The number of hydrogen-bond acceptors (Lipinski definition) is 6. The number of nitrogens with two attached hydrogens (primary N) is 1. The Morgan fingerprint density at radius 1 is 1.30 bits per heavy atom. The SMILES string of the molecule is NC(=S)c1cnc(Nc2nc3ccc(Cl)cc3s2)cn1. The first-order valence-corrected chi connectivity index (χ1v) is 7.17. The van der Waals surface area contributed by atoms with E-state index in [9.17, 15) is 0 Å². The summed E-state index contributed by atoms with van der Waals surface area (Å²) in [4.78, 5) is 12.9. The summed E-state index contributed by atoms with van der Waals surface area (Å²) >= 11 is 12.3. The quantitative estimate of drug-likeness (QED) is 0.722. The first kappa shape index (κ1) is 13.2. The summed E-state index contributed by atoms with van der Waals surface area (Å²) in [7, 11) is 0. The number of aromatic nitrogens is 3. The molecule has 0 atom stereocenters. The highest BCUT2D eigenvalue weighted by Crippen LogP contribution is 2.29. The van der Waals surface area contributed by atoms with Crippen LogP contribution in [-0.4, -0.2) is 19.9 Å². The highest BCUT2D eigenvalue weighted by Gasteiger charge is 2.06. The smallest absolute Gasteiger partial charge is 0.189 e. The van der Waals surface area contributed by atoms with Crippen LogP contribution in [-0.2, 0) is 0 Å². The zero-order valence-corrected chi connectivity index (χ0v) is 12.4. The van der Waals surface area contributed by atoms with Gasteiger partial charge in [0.25, 0.3) is 0 Å². The molecule has 100 valence electrons. The van der Waals surface area contributed by atoms with Crippen LogP contribution in [0.5, 0.6) is 0 Å². The first-order chi connectivity index (χ1) is 9.61. The average Bonchev–Trinajstić information content (AvgIpc) is 2.80. The van der Waals surface area contributed by atoms with E-state index in [1.165, 1.54) is 17.5 Å². The van der Waals surface area contributed by atoms with Crippen molar-refractivity contribution in [3.8, 4) is 0 Å². The molecule has 3 N–H and O–H groups in total. The molecule has 2 heterocycles. The van der Waals surface area contributed by atoms with Crippen molar-refractivity contribution in [3.63, 3.8) is 0 Å². The van der Waals surface area contributed by atoms with Gasteiger partial charge in [0.2, 0.25) is 0 Å². The van der Waals surface area contributed by atoms with Crippen molar-refractivity contribution in [1.29, 1.82) is 0 Å². The molecule has 0 spiro atoms. The minimum absolute atomic E-state index is 0.221. The number of anilines is 2. The van der Waals surface area contributed by atoms with E-state index in [2.05, 4.69) is 20.3 Å². The third kappa shape index (κ3) is 2.69. The lowest BCUT2D eigenvalue weighted by molar-refractivity contribution is 1.17. The van der Waals surface area contributed by atoms with E-state index >= 15 is 0 Å². The van der Waals surface area contributed by atoms with E-state index in [1.807, 2.05) is 18.2 Å². The lowest BCUT2D eigenvalue weighted by Crippen LogP contribution is -2.12. The molecule has 0 aliphatic rings. The molecule has 0 radical (unpaired) electrons. The van der Waals surface area contributed by atoms with Crippen molar-refractivity contribution in [2.75, 3.05) is 5.32 Å². The maximum atomic E-state index is 5.95. The van der Waals surface area contributed by atoms with Gasteiger partial charge < -0.3 is 11.1 Å². The summed E-state index contributed by atoms with van der Waals surface area (Å²) in [5, 5.41) is 4.50. The average molecular weight is 322 g/mol. The van der Waals surface area contributed by atoms with Crippen LogP contribution >= 0.6 is 35.2 Å². The summed E-state index contributed by atoms with van der Waals surface area (Å²) in [6.07, 6.45) is 3.09. The fraction of sp³-hybridized carbons (Fsp3) is 0. The van der Waals surface area contributed by atoms with E-state index in [-0.39, 0.29) is 4.99 Å². The largest absolute Gasteiger partial charge is 0.388 e. The number of nitrogens with zero attached hydrogens (tertiary/aromatic N) is 3. The van der Waals surface area contributed by atoms with Crippen LogP contribution in [0.25, 0.3) is 10.2 Å². The fourth-order valence-electron chi connectivity index (χ4n) is 1.58. The molecule has 5 nitrogen and oxygen atoms in total. The third-order valence-electron chi connectivity index (χ3n) is 2.49. The van der Waals surface area contributed by atoms with Gasteiger partial charge in [-0.15, -0.1) is 0 Å².